The first-order chi connectivity index (χ1) is 9.33. The largest absolute Gasteiger partial charge is 0.367 e. The molecule has 0 spiro atoms. The van der Waals surface area contributed by atoms with Gasteiger partial charge in [0.25, 0.3) is 0 Å². The zero-order valence-electron chi connectivity index (χ0n) is 10.2. The van der Waals surface area contributed by atoms with Gasteiger partial charge >= 0.3 is 0 Å². The Morgan fingerprint density at radius 1 is 1.32 bits per heavy atom. The van der Waals surface area contributed by atoms with Crippen LogP contribution in [0.1, 0.15) is 12.2 Å². The molecule has 6 nitrogen and oxygen atoms in total. The summed E-state index contributed by atoms with van der Waals surface area (Å²) in [5.41, 5.74) is 0.834. The summed E-state index contributed by atoms with van der Waals surface area (Å²) < 4.78 is 2.72. The molecule has 19 heavy (non-hydrogen) atoms. The van der Waals surface area contributed by atoms with Crippen molar-refractivity contribution < 1.29 is 0 Å². The fourth-order valence-electron chi connectivity index (χ4n) is 1.92. The zero-order valence-corrected chi connectivity index (χ0v) is 11.8. The molecule has 3 heterocycles. The third-order valence-electron chi connectivity index (χ3n) is 2.78. The third-order valence-corrected chi connectivity index (χ3v) is 3.16. The van der Waals surface area contributed by atoms with Crippen molar-refractivity contribution in [3.63, 3.8) is 0 Å². The second-order valence-corrected chi connectivity index (χ2v) is 4.95. The number of aryl methyl sites for hydroxylation is 1. The van der Waals surface area contributed by atoms with E-state index in [0.717, 1.165) is 41.3 Å². The fraction of sp³-hybridized carbons (Fsp3) is 0.250. The third kappa shape index (κ3) is 2.76. The molecule has 0 radical (unpaired) electrons. The average molecular weight is 321 g/mol. The molecule has 98 valence electrons. The van der Waals surface area contributed by atoms with Crippen molar-refractivity contribution in [2.45, 2.75) is 12.8 Å². The van der Waals surface area contributed by atoms with Gasteiger partial charge in [-0.05, 0) is 22.4 Å². The van der Waals surface area contributed by atoms with Crippen LogP contribution in [0, 0.1) is 0 Å². The molecule has 3 rings (SSSR count). The van der Waals surface area contributed by atoms with E-state index in [9.17, 15) is 0 Å². The first-order valence-corrected chi connectivity index (χ1v) is 6.83. The van der Waals surface area contributed by atoms with Gasteiger partial charge in [-0.2, -0.15) is 0 Å². The molecular weight excluding hydrogens is 308 g/mol. The van der Waals surface area contributed by atoms with Crippen molar-refractivity contribution in [3.8, 4) is 0 Å². The van der Waals surface area contributed by atoms with Crippen LogP contribution < -0.4 is 5.32 Å². The number of hydrogen-bond acceptors (Lipinski definition) is 4. The molecule has 2 N–H and O–H groups in total. The molecule has 3 aromatic heterocycles. The Kier molecular flexibility index (Phi) is 3.45. The molecular formula is C12H13BrN6. The Morgan fingerprint density at radius 2 is 2.26 bits per heavy atom. The van der Waals surface area contributed by atoms with Crippen LogP contribution in [0.25, 0.3) is 5.65 Å². The van der Waals surface area contributed by atoms with Gasteiger partial charge in [0.05, 0.1) is 0 Å². The second-order valence-electron chi connectivity index (χ2n) is 4.14. The van der Waals surface area contributed by atoms with Crippen LogP contribution in [0.2, 0.25) is 0 Å². The minimum Gasteiger partial charge on any atom is -0.367 e. The van der Waals surface area contributed by atoms with Gasteiger partial charge in [0.1, 0.15) is 10.4 Å². The maximum atomic E-state index is 4.41. The van der Waals surface area contributed by atoms with E-state index in [0.29, 0.717) is 0 Å². The molecule has 0 fully saturated rings. The van der Waals surface area contributed by atoms with Gasteiger partial charge < -0.3 is 14.7 Å². The average Bonchev–Trinajstić information content (AvgIpc) is 3.04. The molecule has 0 saturated heterocycles. The van der Waals surface area contributed by atoms with Crippen molar-refractivity contribution in [1.29, 1.82) is 0 Å². The summed E-state index contributed by atoms with van der Waals surface area (Å²) in [6, 6.07) is 0. The maximum absolute atomic E-state index is 4.41. The summed E-state index contributed by atoms with van der Waals surface area (Å²) in [6.07, 6.45) is 11.1. The molecule has 0 atom stereocenters. The van der Waals surface area contributed by atoms with E-state index in [1.54, 1.807) is 12.4 Å². The summed E-state index contributed by atoms with van der Waals surface area (Å²) in [5.74, 6) is 1.80. The number of nitrogens with one attached hydrogen (secondary N) is 2. The Morgan fingerprint density at radius 3 is 3.11 bits per heavy atom. The number of aromatic nitrogens is 5. The number of imidazole rings is 2. The highest BCUT2D eigenvalue weighted by Crippen LogP contribution is 2.16. The van der Waals surface area contributed by atoms with Crippen LogP contribution in [0.15, 0.2) is 35.6 Å². The highest BCUT2D eigenvalue weighted by atomic mass is 79.9. The van der Waals surface area contributed by atoms with Gasteiger partial charge in [-0.25, -0.2) is 15.0 Å². The SMILES string of the molecule is Brc1cn2ccnc2c(NCCCc2ncc[nH]2)n1. The lowest BCUT2D eigenvalue weighted by atomic mass is 10.3. The van der Waals surface area contributed by atoms with Gasteiger partial charge in [0.15, 0.2) is 11.5 Å². The molecule has 3 aromatic rings. The number of H-pyrrole nitrogens is 1. The number of nitrogens with zero attached hydrogens (tertiary/aromatic N) is 4. The van der Waals surface area contributed by atoms with E-state index < -0.39 is 0 Å². The van der Waals surface area contributed by atoms with Crippen molar-refractivity contribution in [2.24, 2.45) is 0 Å². The van der Waals surface area contributed by atoms with E-state index in [1.807, 2.05) is 23.0 Å². The maximum Gasteiger partial charge on any atom is 0.180 e. The van der Waals surface area contributed by atoms with Gasteiger partial charge in [-0.15, -0.1) is 0 Å². The summed E-state index contributed by atoms with van der Waals surface area (Å²) in [5, 5.41) is 3.31. The van der Waals surface area contributed by atoms with Crippen molar-refractivity contribution in [1.82, 2.24) is 24.3 Å². The quantitative estimate of drug-likeness (QED) is 0.707. The van der Waals surface area contributed by atoms with Crippen molar-refractivity contribution >= 4 is 27.4 Å². The standard InChI is InChI=1S/C12H13BrN6/c13-9-8-19-7-6-17-12(19)11(18-9)16-3-1-2-10-14-4-5-15-10/h4-8H,1-3H2,(H,14,15)(H,16,18). The highest BCUT2D eigenvalue weighted by Gasteiger charge is 2.05. The van der Waals surface area contributed by atoms with Gasteiger partial charge in [-0.1, -0.05) is 0 Å². The number of aromatic amines is 1. The molecule has 0 aliphatic carbocycles. The van der Waals surface area contributed by atoms with E-state index in [1.165, 1.54) is 0 Å². The lowest BCUT2D eigenvalue weighted by Crippen LogP contribution is -2.07. The number of halogens is 1. The minimum absolute atomic E-state index is 0.784. The predicted molar refractivity (Wildman–Crippen MR) is 76.1 cm³/mol. The Balaban J connectivity index is 1.63. The molecule has 0 aromatic carbocycles. The summed E-state index contributed by atoms with van der Waals surface area (Å²) >= 11 is 3.39. The molecule has 7 heteroatoms. The molecule has 0 unspecified atom stereocenters. The predicted octanol–water partition coefficient (Wildman–Crippen LogP) is 2.26. The minimum atomic E-state index is 0.784. The lowest BCUT2D eigenvalue weighted by Gasteiger charge is -2.07. The van der Waals surface area contributed by atoms with Gasteiger partial charge in [0, 0.05) is 43.9 Å². The first kappa shape index (κ1) is 12.2. The fourth-order valence-corrected chi connectivity index (χ4v) is 2.31. The number of anilines is 1. The highest BCUT2D eigenvalue weighted by molar-refractivity contribution is 9.10. The molecule has 0 aliphatic rings. The number of fused-ring (bicyclic) bond motifs is 1. The Labute approximate surface area is 118 Å². The van der Waals surface area contributed by atoms with Crippen LogP contribution in [0.5, 0.6) is 0 Å². The van der Waals surface area contributed by atoms with Crippen LogP contribution >= 0.6 is 15.9 Å². The molecule has 0 saturated carbocycles. The summed E-state index contributed by atoms with van der Waals surface area (Å²) in [7, 11) is 0. The number of rotatable bonds is 5. The molecule has 0 amide bonds. The van der Waals surface area contributed by atoms with E-state index in [4.69, 9.17) is 0 Å². The van der Waals surface area contributed by atoms with E-state index in [2.05, 4.69) is 41.2 Å². The zero-order chi connectivity index (χ0) is 13.1. The summed E-state index contributed by atoms with van der Waals surface area (Å²) in [6.45, 7) is 0.826. The van der Waals surface area contributed by atoms with Crippen LogP contribution in [0.3, 0.4) is 0 Å². The molecule has 0 aliphatic heterocycles. The van der Waals surface area contributed by atoms with Crippen LogP contribution in [-0.2, 0) is 6.42 Å². The first-order valence-electron chi connectivity index (χ1n) is 6.04. The normalized spacial score (nSPS) is 11.0. The second kappa shape index (κ2) is 5.40. The van der Waals surface area contributed by atoms with E-state index >= 15 is 0 Å². The Hall–Kier alpha value is -1.89. The smallest absolute Gasteiger partial charge is 0.180 e. The topological polar surface area (TPSA) is 70.9 Å². The van der Waals surface area contributed by atoms with E-state index in [-0.39, 0.29) is 0 Å². The lowest BCUT2D eigenvalue weighted by molar-refractivity contribution is 0.813. The monoisotopic (exact) mass is 320 g/mol. The Bertz CT molecular complexity index is 660. The van der Waals surface area contributed by atoms with Crippen molar-refractivity contribution in [2.75, 3.05) is 11.9 Å². The molecule has 0 bridgehead atoms. The van der Waals surface area contributed by atoms with Crippen LogP contribution in [0.4, 0.5) is 5.82 Å². The van der Waals surface area contributed by atoms with Gasteiger partial charge in [-0.3, -0.25) is 0 Å². The van der Waals surface area contributed by atoms with Crippen LogP contribution in [-0.4, -0.2) is 30.9 Å². The van der Waals surface area contributed by atoms with Gasteiger partial charge in [0.2, 0.25) is 0 Å². The summed E-state index contributed by atoms with van der Waals surface area (Å²) in [4.78, 5) is 16.0. The van der Waals surface area contributed by atoms with Crippen molar-refractivity contribution in [3.05, 3.63) is 41.4 Å². The number of hydrogen-bond donors (Lipinski definition) is 2.